The number of hydrogen-bond donors (Lipinski definition) is 1. The number of carbonyl (C=O) groups is 1. The van der Waals surface area contributed by atoms with Crippen LogP contribution in [0.5, 0.6) is 0 Å². The molecule has 0 bridgehead atoms. The molecular formula is C20H24FN3O3S. The van der Waals surface area contributed by atoms with E-state index in [2.05, 4.69) is 5.32 Å². The molecule has 1 N–H and O–H groups in total. The van der Waals surface area contributed by atoms with Crippen LogP contribution in [0, 0.1) is 19.7 Å². The van der Waals surface area contributed by atoms with Crippen molar-refractivity contribution in [2.45, 2.75) is 18.7 Å². The number of carbonyl (C=O) groups excluding carboxylic acids is 1. The van der Waals surface area contributed by atoms with Crippen molar-refractivity contribution < 1.29 is 17.6 Å². The van der Waals surface area contributed by atoms with Gasteiger partial charge in [-0.15, -0.1) is 0 Å². The molecule has 1 aliphatic rings. The highest BCUT2D eigenvalue weighted by Gasteiger charge is 2.30. The molecule has 150 valence electrons. The average Bonchev–Trinajstić information content (AvgIpc) is 2.68. The fourth-order valence-electron chi connectivity index (χ4n) is 3.16. The molecule has 0 atom stereocenters. The highest BCUT2D eigenvalue weighted by Crippen LogP contribution is 2.19. The van der Waals surface area contributed by atoms with Gasteiger partial charge in [0.1, 0.15) is 5.82 Å². The van der Waals surface area contributed by atoms with E-state index in [1.165, 1.54) is 22.5 Å². The number of anilines is 1. The molecule has 0 aliphatic carbocycles. The average molecular weight is 405 g/mol. The first-order valence-corrected chi connectivity index (χ1v) is 10.6. The molecule has 8 heteroatoms. The van der Waals surface area contributed by atoms with Gasteiger partial charge in [0.2, 0.25) is 15.9 Å². The summed E-state index contributed by atoms with van der Waals surface area (Å²) in [6, 6.07) is 11.0. The molecule has 1 fully saturated rings. The van der Waals surface area contributed by atoms with Gasteiger partial charge in [0.05, 0.1) is 11.4 Å². The highest BCUT2D eigenvalue weighted by molar-refractivity contribution is 7.89. The second-order valence-electron chi connectivity index (χ2n) is 6.91. The first-order chi connectivity index (χ1) is 13.3. The molecule has 1 saturated heterocycles. The van der Waals surface area contributed by atoms with Gasteiger partial charge in [0, 0.05) is 31.9 Å². The van der Waals surface area contributed by atoms with Crippen LogP contribution in [0.3, 0.4) is 0 Å². The van der Waals surface area contributed by atoms with E-state index >= 15 is 0 Å². The SMILES string of the molecule is Cc1ccc(C)c(NCC(=O)N2CCN(S(=O)(=O)c3cccc(F)c3)CC2)c1. The van der Waals surface area contributed by atoms with Gasteiger partial charge in [0.25, 0.3) is 0 Å². The van der Waals surface area contributed by atoms with E-state index in [0.29, 0.717) is 13.1 Å². The Kier molecular flexibility index (Phi) is 6.00. The van der Waals surface area contributed by atoms with Crippen LogP contribution in [0.15, 0.2) is 47.4 Å². The van der Waals surface area contributed by atoms with Gasteiger partial charge in [-0.3, -0.25) is 4.79 Å². The molecule has 2 aromatic rings. The summed E-state index contributed by atoms with van der Waals surface area (Å²) in [6.45, 7) is 5.11. The van der Waals surface area contributed by atoms with Crippen molar-refractivity contribution in [3.8, 4) is 0 Å². The van der Waals surface area contributed by atoms with Gasteiger partial charge in [-0.25, -0.2) is 12.8 Å². The topological polar surface area (TPSA) is 69.7 Å². The fourth-order valence-corrected chi connectivity index (χ4v) is 4.62. The van der Waals surface area contributed by atoms with Crippen molar-refractivity contribution in [1.29, 1.82) is 0 Å². The van der Waals surface area contributed by atoms with Gasteiger partial charge >= 0.3 is 0 Å². The minimum Gasteiger partial charge on any atom is -0.376 e. The molecule has 0 unspecified atom stereocenters. The second kappa shape index (κ2) is 8.28. The highest BCUT2D eigenvalue weighted by atomic mass is 32.2. The predicted molar refractivity (Wildman–Crippen MR) is 106 cm³/mol. The summed E-state index contributed by atoms with van der Waals surface area (Å²) in [4.78, 5) is 14.1. The number of hydrogen-bond acceptors (Lipinski definition) is 4. The lowest BCUT2D eigenvalue weighted by Crippen LogP contribution is -2.51. The van der Waals surface area contributed by atoms with E-state index in [9.17, 15) is 17.6 Å². The first kappa shape index (κ1) is 20.3. The number of nitrogens with one attached hydrogen (secondary N) is 1. The van der Waals surface area contributed by atoms with Crippen LogP contribution in [-0.2, 0) is 14.8 Å². The zero-order valence-corrected chi connectivity index (χ0v) is 16.8. The summed E-state index contributed by atoms with van der Waals surface area (Å²) in [5.41, 5.74) is 3.08. The maximum atomic E-state index is 13.4. The van der Waals surface area contributed by atoms with Crippen molar-refractivity contribution >= 4 is 21.6 Å². The number of rotatable bonds is 5. The number of aryl methyl sites for hydroxylation is 2. The predicted octanol–water partition coefficient (Wildman–Crippen LogP) is 2.39. The van der Waals surface area contributed by atoms with Gasteiger partial charge < -0.3 is 10.2 Å². The smallest absolute Gasteiger partial charge is 0.243 e. The van der Waals surface area contributed by atoms with Crippen LogP contribution in [0.2, 0.25) is 0 Å². The van der Waals surface area contributed by atoms with Gasteiger partial charge in [0.15, 0.2) is 0 Å². The Morgan fingerprint density at radius 1 is 1.07 bits per heavy atom. The standard InChI is InChI=1S/C20H24FN3O3S/c1-15-6-7-16(2)19(12-15)22-14-20(25)23-8-10-24(11-9-23)28(26,27)18-5-3-4-17(21)13-18/h3-7,12-13,22H,8-11,14H2,1-2H3. The largest absolute Gasteiger partial charge is 0.376 e. The number of benzene rings is 2. The zero-order chi connectivity index (χ0) is 20.3. The number of piperazine rings is 1. The zero-order valence-electron chi connectivity index (χ0n) is 16.0. The van der Waals surface area contributed by atoms with Crippen LogP contribution < -0.4 is 5.32 Å². The molecule has 0 aromatic heterocycles. The Labute approximate surface area is 165 Å². The third-order valence-electron chi connectivity index (χ3n) is 4.85. The third kappa shape index (κ3) is 4.51. The maximum Gasteiger partial charge on any atom is 0.243 e. The van der Waals surface area contributed by atoms with E-state index in [0.717, 1.165) is 22.9 Å². The number of sulfonamides is 1. The first-order valence-electron chi connectivity index (χ1n) is 9.12. The Balaban J connectivity index is 1.57. The normalized spacial score (nSPS) is 15.5. The molecule has 0 spiro atoms. The fraction of sp³-hybridized carbons (Fsp3) is 0.350. The molecule has 1 amide bonds. The minimum atomic E-state index is -3.76. The Bertz CT molecular complexity index is 970. The monoisotopic (exact) mass is 405 g/mol. The summed E-state index contributed by atoms with van der Waals surface area (Å²) in [5, 5.41) is 3.16. The quantitative estimate of drug-likeness (QED) is 0.829. The summed E-state index contributed by atoms with van der Waals surface area (Å²) >= 11 is 0. The molecule has 0 saturated carbocycles. The van der Waals surface area contributed by atoms with Crippen molar-refractivity contribution in [2.24, 2.45) is 0 Å². The lowest BCUT2D eigenvalue weighted by atomic mass is 10.1. The number of amides is 1. The summed E-state index contributed by atoms with van der Waals surface area (Å²) in [7, 11) is -3.76. The summed E-state index contributed by atoms with van der Waals surface area (Å²) in [6.07, 6.45) is 0. The van der Waals surface area contributed by atoms with Crippen LogP contribution >= 0.6 is 0 Å². The second-order valence-corrected chi connectivity index (χ2v) is 8.85. The number of nitrogens with zero attached hydrogens (tertiary/aromatic N) is 2. The maximum absolute atomic E-state index is 13.4. The molecule has 3 rings (SSSR count). The lowest BCUT2D eigenvalue weighted by Gasteiger charge is -2.34. The Morgan fingerprint density at radius 3 is 2.46 bits per heavy atom. The van der Waals surface area contributed by atoms with Crippen LogP contribution in [0.1, 0.15) is 11.1 Å². The van der Waals surface area contributed by atoms with E-state index in [-0.39, 0.29) is 30.4 Å². The molecule has 6 nitrogen and oxygen atoms in total. The van der Waals surface area contributed by atoms with Crippen molar-refractivity contribution in [1.82, 2.24) is 9.21 Å². The molecular weight excluding hydrogens is 381 g/mol. The van der Waals surface area contributed by atoms with Crippen LogP contribution in [0.25, 0.3) is 0 Å². The van der Waals surface area contributed by atoms with Crippen LogP contribution in [-0.4, -0.2) is 56.3 Å². The Morgan fingerprint density at radius 2 is 1.79 bits per heavy atom. The van der Waals surface area contributed by atoms with E-state index in [4.69, 9.17) is 0 Å². The molecule has 1 heterocycles. The minimum absolute atomic E-state index is 0.0659. The van der Waals surface area contributed by atoms with Crippen LogP contribution in [0.4, 0.5) is 10.1 Å². The third-order valence-corrected chi connectivity index (χ3v) is 6.74. The number of halogens is 1. The Hall–Kier alpha value is -2.45. The van der Waals surface area contributed by atoms with Gasteiger partial charge in [-0.1, -0.05) is 18.2 Å². The molecule has 1 aliphatic heterocycles. The molecule has 2 aromatic carbocycles. The van der Waals surface area contributed by atoms with E-state index in [1.807, 2.05) is 32.0 Å². The molecule has 0 radical (unpaired) electrons. The van der Waals surface area contributed by atoms with Crippen molar-refractivity contribution in [3.63, 3.8) is 0 Å². The summed E-state index contributed by atoms with van der Waals surface area (Å²) in [5.74, 6) is -0.670. The van der Waals surface area contributed by atoms with E-state index in [1.54, 1.807) is 4.90 Å². The van der Waals surface area contributed by atoms with Gasteiger partial charge in [-0.05, 0) is 49.2 Å². The van der Waals surface area contributed by atoms with Crippen molar-refractivity contribution in [3.05, 3.63) is 59.4 Å². The molecule has 28 heavy (non-hydrogen) atoms. The van der Waals surface area contributed by atoms with E-state index < -0.39 is 15.8 Å². The lowest BCUT2D eigenvalue weighted by molar-refractivity contribution is -0.130. The van der Waals surface area contributed by atoms with Gasteiger partial charge in [-0.2, -0.15) is 4.31 Å². The summed E-state index contributed by atoms with van der Waals surface area (Å²) < 4.78 is 39.9. The van der Waals surface area contributed by atoms with Crippen molar-refractivity contribution in [2.75, 3.05) is 38.0 Å².